The smallest absolute Gasteiger partial charge is 0.240 e. The van der Waals surface area contributed by atoms with Crippen molar-refractivity contribution in [2.45, 2.75) is 17.2 Å². The number of hydrogen-bond acceptors (Lipinski definition) is 3. The minimum Gasteiger partial charge on any atom is -0.292 e. The zero-order valence-electron chi connectivity index (χ0n) is 13.4. The number of primary sulfonamides is 1. The van der Waals surface area contributed by atoms with Crippen LogP contribution < -0.4 is 5.14 Å². The van der Waals surface area contributed by atoms with Crippen LogP contribution >= 0.6 is 0 Å². The van der Waals surface area contributed by atoms with Gasteiger partial charge in [-0.05, 0) is 47.9 Å². The Morgan fingerprint density at radius 1 is 1.08 bits per heavy atom. The molecule has 0 fully saturated rings. The highest BCUT2D eigenvalue weighted by Crippen LogP contribution is 2.37. The van der Waals surface area contributed by atoms with Crippen LogP contribution in [0.4, 0.5) is 8.78 Å². The highest BCUT2D eigenvalue weighted by Gasteiger charge is 2.34. The molecule has 25 heavy (non-hydrogen) atoms. The predicted octanol–water partition coefficient (Wildman–Crippen LogP) is 2.85. The van der Waals surface area contributed by atoms with Gasteiger partial charge in [-0.3, -0.25) is 4.99 Å². The molecule has 0 amide bonds. The number of sulfonamides is 1. The van der Waals surface area contributed by atoms with Crippen molar-refractivity contribution in [3.63, 3.8) is 0 Å². The number of rotatable bonds is 3. The molecule has 2 N–H and O–H groups in total. The van der Waals surface area contributed by atoms with E-state index in [2.05, 4.69) is 4.99 Å². The summed E-state index contributed by atoms with van der Waals surface area (Å²) in [5.41, 5.74) is 0.680. The van der Waals surface area contributed by atoms with E-state index in [4.69, 9.17) is 5.14 Å². The maximum Gasteiger partial charge on any atom is 0.240 e. The summed E-state index contributed by atoms with van der Waals surface area (Å²) in [6.07, 6.45) is 5.11. The van der Waals surface area contributed by atoms with Crippen LogP contribution in [0.25, 0.3) is 0 Å². The number of allylic oxidation sites excluding steroid dienone is 1. The first-order chi connectivity index (χ1) is 11.7. The second-order valence-corrected chi connectivity index (χ2v) is 7.50. The summed E-state index contributed by atoms with van der Waals surface area (Å²) in [6, 6.07) is 8.52. The number of benzene rings is 2. The van der Waals surface area contributed by atoms with Gasteiger partial charge in [0, 0.05) is 6.21 Å². The lowest BCUT2D eigenvalue weighted by Crippen LogP contribution is -2.31. The molecule has 2 aromatic carbocycles. The molecule has 3 rings (SSSR count). The van der Waals surface area contributed by atoms with E-state index >= 15 is 0 Å². The van der Waals surface area contributed by atoms with E-state index in [1.54, 1.807) is 37.4 Å². The van der Waals surface area contributed by atoms with Gasteiger partial charge < -0.3 is 0 Å². The lowest BCUT2D eigenvalue weighted by atomic mass is 9.73. The van der Waals surface area contributed by atoms with Gasteiger partial charge in [0.15, 0.2) is 0 Å². The third-order valence-corrected chi connectivity index (χ3v) is 5.30. The van der Waals surface area contributed by atoms with Crippen molar-refractivity contribution in [1.82, 2.24) is 0 Å². The average Bonchev–Trinajstić information content (AvgIpc) is 2.56. The molecule has 1 unspecified atom stereocenters. The molecule has 0 aliphatic carbocycles. The number of hydrogen-bond donors (Lipinski definition) is 1. The quantitative estimate of drug-likeness (QED) is 0.912. The van der Waals surface area contributed by atoms with Crippen molar-refractivity contribution in [3.05, 3.63) is 76.9 Å². The molecule has 0 saturated heterocycles. The Kier molecular flexibility index (Phi) is 4.30. The van der Waals surface area contributed by atoms with Crippen LogP contribution in [-0.2, 0) is 15.4 Å². The molecule has 7 heteroatoms. The monoisotopic (exact) mass is 362 g/mol. The Morgan fingerprint density at radius 3 is 2.24 bits per heavy atom. The van der Waals surface area contributed by atoms with E-state index in [0.717, 1.165) is 12.1 Å². The molecule has 0 saturated carbocycles. The molecule has 0 spiro atoms. The first-order valence-corrected chi connectivity index (χ1v) is 9.06. The van der Waals surface area contributed by atoms with Crippen molar-refractivity contribution in [2.24, 2.45) is 10.1 Å². The highest BCUT2D eigenvalue weighted by atomic mass is 32.2. The minimum absolute atomic E-state index is 0.250. The zero-order chi connectivity index (χ0) is 18.2. The normalized spacial score (nSPS) is 20.0. The fraction of sp³-hybridized carbons (Fsp3) is 0.167. The van der Waals surface area contributed by atoms with Crippen LogP contribution in [0.2, 0.25) is 0 Å². The predicted molar refractivity (Wildman–Crippen MR) is 92.2 cm³/mol. The van der Waals surface area contributed by atoms with Crippen molar-refractivity contribution in [2.75, 3.05) is 6.54 Å². The first kappa shape index (κ1) is 17.4. The summed E-state index contributed by atoms with van der Waals surface area (Å²) < 4.78 is 51.3. The fourth-order valence-electron chi connectivity index (χ4n) is 2.94. The third-order valence-electron chi connectivity index (χ3n) is 4.35. The van der Waals surface area contributed by atoms with Gasteiger partial charge in [-0.2, -0.15) is 0 Å². The number of nitrogens with two attached hydrogens (primary N) is 1. The van der Waals surface area contributed by atoms with Crippen LogP contribution in [0.3, 0.4) is 0 Å². The largest absolute Gasteiger partial charge is 0.292 e. The molecule has 4 nitrogen and oxygen atoms in total. The van der Waals surface area contributed by atoms with Crippen LogP contribution in [-0.4, -0.2) is 21.2 Å². The molecular formula is C18H16F2N2O2S. The van der Waals surface area contributed by atoms with Crippen LogP contribution in [0.15, 0.2) is 58.4 Å². The number of dihydropyridines is 1. The summed E-state index contributed by atoms with van der Waals surface area (Å²) in [5, 5.41) is 5.01. The Hall–Kier alpha value is -2.38. The molecule has 0 bridgehead atoms. The third kappa shape index (κ3) is 3.12. The first-order valence-electron chi connectivity index (χ1n) is 7.51. The Labute approximate surface area is 144 Å². The van der Waals surface area contributed by atoms with Crippen LogP contribution in [0.5, 0.6) is 0 Å². The molecule has 1 heterocycles. The van der Waals surface area contributed by atoms with E-state index in [1.165, 1.54) is 12.1 Å². The summed E-state index contributed by atoms with van der Waals surface area (Å²) >= 11 is 0. The van der Waals surface area contributed by atoms with Gasteiger partial charge in [0.05, 0.1) is 12.0 Å². The van der Waals surface area contributed by atoms with Crippen molar-refractivity contribution in [3.8, 4) is 0 Å². The van der Waals surface area contributed by atoms with E-state index in [-0.39, 0.29) is 12.4 Å². The second-order valence-electron chi connectivity index (χ2n) is 5.97. The summed E-state index contributed by atoms with van der Waals surface area (Å²) in [6.45, 7) is 1.90. The SMILES string of the molecule is Cc1ccc(C2(c3ccc(S(N)(=O)=O)c(F)c3)C=CC=NC2)cc1F. The van der Waals surface area contributed by atoms with Gasteiger partial charge in [-0.15, -0.1) is 0 Å². The van der Waals surface area contributed by atoms with E-state index in [1.807, 2.05) is 0 Å². The molecule has 130 valence electrons. The maximum atomic E-state index is 14.3. The van der Waals surface area contributed by atoms with Gasteiger partial charge in [-0.1, -0.05) is 24.3 Å². The maximum absolute atomic E-state index is 14.3. The standard InChI is InChI=1S/C18H16F2N2O2S/c1-12-3-4-13(9-15(12)19)18(7-2-8-22-11-18)14-5-6-17(16(20)10-14)25(21,23)24/h2-10H,11H2,1H3,(H2,21,23,24). The second kappa shape index (κ2) is 6.16. The van der Waals surface area contributed by atoms with Gasteiger partial charge in [-0.25, -0.2) is 22.3 Å². The zero-order valence-corrected chi connectivity index (χ0v) is 14.2. The molecule has 2 aromatic rings. The van der Waals surface area contributed by atoms with E-state index in [0.29, 0.717) is 16.7 Å². The fourth-order valence-corrected chi connectivity index (χ4v) is 3.53. The Bertz CT molecular complexity index is 1000. The van der Waals surface area contributed by atoms with Crippen molar-refractivity contribution >= 4 is 16.2 Å². The summed E-state index contributed by atoms with van der Waals surface area (Å²) in [5.74, 6) is -1.32. The lowest BCUT2D eigenvalue weighted by molar-refractivity contribution is 0.560. The minimum atomic E-state index is -4.16. The highest BCUT2D eigenvalue weighted by molar-refractivity contribution is 7.89. The van der Waals surface area contributed by atoms with Crippen LogP contribution in [0.1, 0.15) is 16.7 Å². The van der Waals surface area contributed by atoms with Crippen molar-refractivity contribution in [1.29, 1.82) is 0 Å². The Balaban J connectivity index is 2.20. The molecule has 0 aromatic heterocycles. The Morgan fingerprint density at radius 2 is 1.72 bits per heavy atom. The van der Waals surface area contributed by atoms with Gasteiger partial charge in [0.25, 0.3) is 0 Å². The number of halogens is 2. The van der Waals surface area contributed by atoms with E-state index in [9.17, 15) is 17.2 Å². The van der Waals surface area contributed by atoms with Crippen molar-refractivity contribution < 1.29 is 17.2 Å². The molecule has 1 aliphatic rings. The summed E-state index contributed by atoms with van der Waals surface area (Å²) in [7, 11) is -4.16. The number of nitrogens with zero attached hydrogens (tertiary/aromatic N) is 1. The van der Waals surface area contributed by atoms with Gasteiger partial charge in [0.2, 0.25) is 10.0 Å². The molecule has 1 atom stereocenters. The molecule has 1 aliphatic heterocycles. The van der Waals surface area contributed by atoms with Gasteiger partial charge >= 0.3 is 0 Å². The average molecular weight is 362 g/mol. The summed E-state index contributed by atoms with van der Waals surface area (Å²) in [4.78, 5) is 3.66. The number of aliphatic imine (C=N–C) groups is 1. The lowest BCUT2D eigenvalue weighted by Gasteiger charge is -2.32. The number of aryl methyl sites for hydroxylation is 1. The van der Waals surface area contributed by atoms with Gasteiger partial charge in [0.1, 0.15) is 16.5 Å². The van der Waals surface area contributed by atoms with Crippen LogP contribution in [0, 0.1) is 18.6 Å². The molecule has 0 radical (unpaired) electrons. The topological polar surface area (TPSA) is 72.5 Å². The molecular weight excluding hydrogens is 346 g/mol. The van der Waals surface area contributed by atoms with E-state index < -0.39 is 26.2 Å².